The topological polar surface area (TPSA) is 25.4 Å². The number of ether oxygens (including phenoxy) is 1. The monoisotopic (exact) mass is 262 g/mol. The molecule has 0 radical (unpaired) electrons. The summed E-state index contributed by atoms with van der Waals surface area (Å²) in [6.07, 6.45) is 0.991. The first kappa shape index (κ1) is 13.7. The first-order valence-electron chi connectivity index (χ1n) is 5.12. The molecule has 3 nitrogen and oxygen atoms in total. The second-order valence-corrected chi connectivity index (χ2v) is 4.44. The summed E-state index contributed by atoms with van der Waals surface area (Å²) in [6, 6.07) is 3.47. The van der Waals surface area contributed by atoms with Crippen LogP contribution in [0.15, 0.2) is 12.1 Å². The molecule has 0 aliphatic heterocycles. The van der Waals surface area contributed by atoms with Gasteiger partial charge in [-0.1, -0.05) is 23.2 Å². The average Bonchev–Trinajstić information content (AvgIpc) is 2.24. The Kier molecular flexibility index (Phi) is 6.06. The Balaban J connectivity index is 2.48. The van der Waals surface area contributed by atoms with E-state index in [0.717, 1.165) is 25.3 Å². The molecule has 5 heteroatoms. The van der Waals surface area contributed by atoms with Crippen LogP contribution in [-0.2, 0) is 11.3 Å². The van der Waals surface area contributed by atoms with Crippen LogP contribution in [0.5, 0.6) is 0 Å². The number of nitrogens with zero attached hydrogens (tertiary/aromatic N) is 2. The van der Waals surface area contributed by atoms with E-state index in [4.69, 9.17) is 27.9 Å². The lowest BCUT2D eigenvalue weighted by Crippen LogP contribution is -2.21. The molecule has 0 saturated carbocycles. The van der Waals surface area contributed by atoms with Gasteiger partial charge in [-0.25, -0.2) is 4.98 Å². The van der Waals surface area contributed by atoms with Crippen molar-refractivity contribution in [2.75, 3.05) is 27.3 Å². The number of aromatic nitrogens is 1. The van der Waals surface area contributed by atoms with Crippen molar-refractivity contribution in [2.24, 2.45) is 0 Å². The average molecular weight is 263 g/mol. The van der Waals surface area contributed by atoms with Crippen molar-refractivity contribution in [1.82, 2.24) is 9.88 Å². The van der Waals surface area contributed by atoms with E-state index in [1.54, 1.807) is 19.2 Å². The van der Waals surface area contributed by atoms with Gasteiger partial charge in [0.15, 0.2) is 0 Å². The molecule has 1 heterocycles. The highest BCUT2D eigenvalue weighted by atomic mass is 35.5. The molecule has 0 aliphatic carbocycles. The van der Waals surface area contributed by atoms with Gasteiger partial charge in [-0.15, -0.1) is 0 Å². The van der Waals surface area contributed by atoms with E-state index < -0.39 is 0 Å². The zero-order valence-electron chi connectivity index (χ0n) is 9.54. The number of hydrogen-bond acceptors (Lipinski definition) is 3. The number of rotatable bonds is 6. The Morgan fingerprint density at radius 2 is 2.12 bits per heavy atom. The van der Waals surface area contributed by atoms with Crippen molar-refractivity contribution in [1.29, 1.82) is 0 Å². The summed E-state index contributed by atoms with van der Waals surface area (Å²) < 4.78 is 5.00. The van der Waals surface area contributed by atoms with Gasteiger partial charge in [0.2, 0.25) is 0 Å². The van der Waals surface area contributed by atoms with Crippen molar-refractivity contribution in [3.63, 3.8) is 0 Å². The van der Waals surface area contributed by atoms with Crippen molar-refractivity contribution < 1.29 is 4.74 Å². The predicted molar refractivity (Wildman–Crippen MR) is 67.1 cm³/mol. The molecule has 0 aromatic carbocycles. The van der Waals surface area contributed by atoms with E-state index in [1.165, 1.54) is 0 Å². The molecule has 0 amide bonds. The highest BCUT2D eigenvalue weighted by molar-refractivity contribution is 6.32. The molecule has 0 unspecified atom stereocenters. The number of methoxy groups -OCH3 is 1. The van der Waals surface area contributed by atoms with Gasteiger partial charge in [0.05, 0.1) is 10.7 Å². The Hall–Kier alpha value is -0.350. The van der Waals surface area contributed by atoms with Crippen LogP contribution in [0.25, 0.3) is 0 Å². The first-order chi connectivity index (χ1) is 7.63. The molecule has 1 aromatic rings. The van der Waals surface area contributed by atoms with Crippen LogP contribution in [-0.4, -0.2) is 37.2 Å². The van der Waals surface area contributed by atoms with Gasteiger partial charge in [0, 0.05) is 26.8 Å². The molecule has 0 N–H and O–H groups in total. The van der Waals surface area contributed by atoms with Gasteiger partial charge in [0.25, 0.3) is 0 Å². The van der Waals surface area contributed by atoms with Crippen LogP contribution in [0, 0.1) is 0 Å². The van der Waals surface area contributed by atoms with Crippen LogP contribution in [0.4, 0.5) is 0 Å². The van der Waals surface area contributed by atoms with Crippen molar-refractivity contribution >= 4 is 23.2 Å². The van der Waals surface area contributed by atoms with E-state index in [0.29, 0.717) is 16.7 Å². The second-order valence-electron chi connectivity index (χ2n) is 3.65. The third-order valence-corrected chi connectivity index (χ3v) is 2.75. The van der Waals surface area contributed by atoms with Crippen molar-refractivity contribution in [2.45, 2.75) is 13.0 Å². The molecule has 0 aliphatic rings. The summed E-state index contributed by atoms with van der Waals surface area (Å²) in [7, 11) is 3.73. The van der Waals surface area contributed by atoms with Crippen LogP contribution >= 0.6 is 23.2 Å². The SMILES string of the molecule is COCCCN(C)Cc1nc(Cl)ccc1Cl. The largest absolute Gasteiger partial charge is 0.385 e. The highest BCUT2D eigenvalue weighted by Crippen LogP contribution is 2.17. The Morgan fingerprint density at radius 1 is 1.38 bits per heavy atom. The quantitative estimate of drug-likeness (QED) is 0.583. The normalized spacial score (nSPS) is 11.1. The molecule has 1 rings (SSSR count). The van der Waals surface area contributed by atoms with E-state index in [1.807, 2.05) is 7.05 Å². The number of halogens is 2. The number of pyridine rings is 1. The van der Waals surface area contributed by atoms with Crippen LogP contribution in [0.3, 0.4) is 0 Å². The summed E-state index contributed by atoms with van der Waals surface area (Å²) in [4.78, 5) is 6.34. The second kappa shape index (κ2) is 7.07. The molecule has 0 atom stereocenters. The van der Waals surface area contributed by atoms with Gasteiger partial charge < -0.3 is 9.64 Å². The fraction of sp³-hybridized carbons (Fsp3) is 0.545. The van der Waals surface area contributed by atoms with Gasteiger partial charge in [-0.2, -0.15) is 0 Å². The fourth-order valence-electron chi connectivity index (χ4n) is 1.38. The first-order valence-corrected chi connectivity index (χ1v) is 5.87. The molecule has 90 valence electrons. The van der Waals surface area contributed by atoms with Gasteiger partial charge >= 0.3 is 0 Å². The zero-order chi connectivity index (χ0) is 12.0. The molecule has 1 aromatic heterocycles. The molecule has 0 fully saturated rings. The van der Waals surface area contributed by atoms with Crippen molar-refractivity contribution in [3.8, 4) is 0 Å². The van der Waals surface area contributed by atoms with Crippen LogP contribution in [0.2, 0.25) is 10.2 Å². The Bertz CT molecular complexity index is 334. The molecular formula is C11H16Cl2N2O. The lowest BCUT2D eigenvalue weighted by atomic mass is 10.3. The van der Waals surface area contributed by atoms with E-state index >= 15 is 0 Å². The third-order valence-electron chi connectivity index (χ3n) is 2.19. The Morgan fingerprint density at radius 3 is 2.81 bits per heavy atom. The third kappa shape index (κ3) is 4.66. The maximum Gasteiger partial charge on any atom is 0.129 e. The summed E-state index contributed by atoms with van der Waals surface area (Å²) in [5.41, 5.74) is 0.814. The lowest BCUT2D eigenvalue weighted by molar-refractivity contribution is 0.178. The number of hydrogen-bond donors (Lipinski definition) is 0. The molecule has 0 bridgehead atoms. The maximum atomic E-state index is 6.03. The maximum absolute atomic E-state index is 6.03. The smallest absolute Gasteiger partial charge is 0.129 e. The summed E-state index contributed by atoms with van der Waals surface area (Å²) in [5, 5.41) is 1.13. The van der Waals surface area contributed by atoms with E-state index in [9.17, 15) is 0 Å². The van der Waals surface area contributed by atoms with E-state index in [-0.39, 0.29) is 0 Å². The molecule has 0 saturated heterocycles. The summed E-state index contributed by atoms with van der Waals surface area (Å²) in [5.74, 6) is 0. The predicted octanol–water partition coefficient (Wildman–Crippen LogP) is 2.86. The lowest BCUT2D eigenvalue weighted by Gasteiger charge is -2.16. The standard InChI is InChI=1S/C11H16Cl2N2O/c1-15(6-3-7-16-2)8-10-9(12)4-5-11(13)14-10/h4-5H,3,6-8H2,1-2H3. The van der Waals surface area contributed by atoms with Crippen LogP contribution in [0.1, 0.15) is 12.1 Å². The summed E-state index contributed by atoms with van der Waals surface area (Å²) in [6.45, 7) is 2.41. The van der Waals surface area contributed by atoms with Gasteiger partial charge in [0.1, 0.15) is 5.15 Å². The van der Waals surface area contributed by atoms with Gasteiger partial charge in [-0.05, 0) is 25.6 Å². The minimum atomic E-state index is 0.477. The summed E-state index contributed by atoms with van der Waals surface area (Å²) >= 11 is 11.8. The molecular weight excluding hydrogens is 247 g/mol. The Labute approximate surface area is 106 Å². The minimum Gasteiger partial charge on any atom is -0.385 e. The highest BCUT2D eigenvalue weighted by Gasteiger charge is 2.06. The van der Waals surface area contributed by atoms with Gasteiger partial charge in [-0.3, -0.25) is 0 Å². The molecule has 0 spiro atoms. The fourth-order valence-corrected chi connectivity index (χ4v) is 1.71. The van der Waals surface area contributed by atoms with Crippen molar-refractivity contribution in [3.05, 3.63) is 28.0 Å². The minimum absolute atomic E-state index is 0.477. The van der Waals surface area contributed by atoms with Crippen LogP contribution < -0.4 is 0 Å². The zero-order valence-corrected chi connectivity index (χ0v) is 11.1. The molecule has 16 heavy (non-hydrogen) atoms. The van der Waals surface area contributed by atoms with E-state index in [2.05, 4.69) is 9.88 Å².